The van der Waals surface area contributed by atoms with Gasteiger partial charge in [-0.2, -0.15) is 0 Å². The molecule has 0 spiro atoms. The van der Waals surface area contributed by atoms with E-state index in [-0.39, 0.29) is 5.91 Å². The lowest BCUT2D eigenvalue weighted by atomic mass is 10.0. The number of methoxy groups -OCH3 is 1. The molecule has 1 aromatic heterocycles. The van der Waals surface area contributed by atoms with Crippen molar-refractivity contribution in [2.75, 3.05) is 25.1 Å². The standard InChI is InChI=1S/C23H24N4O2/c1-29-21-11-5-3-8-18(21)12-13-24-22(28)19-15-25-23(26-16-19)27-14-6-9-17-7-2-4-10-20(17)27/h2-5,7-8,10-11,15-16H,6,9,12-14H2,1H3,(H,24,28). The quantitative estimate of drug-likeness (QED) is 0.700. The van der Waals surface area contributed by atoms with Gasteiger partial charge in [0.1, 0.15) is 5.75 Å². The van der Waals surface area contributed by atoms with Gasteiger partial charge in [0.05, 0.1) is 12.7 Å². The lowest BCUT2D eigenvalue weighted by Gasteiger charge is -2.29. The first-order valence-electron chi connectivity index (χ1n) is 9.84. The second kappa shape index (κ2) is 8.73. The molecule has 0 bridgehead atoms. The molecule has 0 atom stereocenters. The van der Waals surface area contributed by atoms with E-state index in [0.717, 1.165) is 36.4 Å². The number of para-hydroxylation sites is 2. The summed E-state index contributed by atoms with van der Waals surface area (Å²) in [5.74, 6) is 1.28. The van der Waals surface area contributed by atoms with Crippen LogP contribution in [0.2, 0.25) is 0 Å². The van der Waals surface area contributed by atoms with Crippen molar-refractivity contribution in [1.29, 1.82) is 0 Å². The number of hydrogen-bond donors (Lipinski definition) is 1. The number of benzene rings is 2. The Bertz CT molecular complexity index is 988. The number of hydrogen-bond acceptors (Lipinski definition) is 5. The summed E-state index contributed by atoms with van der Waals surface area (Å²) in [6.07, 6.45) is 6.01. The SMILES string of the molecule is COc1ccccc1CCNC(=O)c1cnc(N2CCCc3ccccc32)nc1. The maximum atomic E-state index is 12.4. The van der Waals surface area contributed by atoms with Crippen LogP contribution in [0.5, 0.6) is 5.75 Å². The highest BCUT2D eigenvalue weighted by Gasteiger charge is 2.20. The maximum absolute atomic E-state index is 12.4. The zero-order valence-electron chi connectivity index (χ0n) is 16.5. The fourth-order valence-corrected chi connectivity index (χ4v) is 3.64. The van der Waals surface area contributed by atoms with Crippen molar-refractivity contribution < 1.29 is 9.53 Å². The third-order valence-corrected chi connectivity index (χ3v) is 5.12. The van der Waals surface area contributed by atoms with Crippen LogP contribution in [0, 0.1) is 0 Å². The molecule has 1 amide bonds. The highest BCUT2D eigenvalue weighted by Crippen LogP contribution is 2.31. The van der Waals surface area contributed by atoms with Crippen molar-refractivity contribution in [3.05, 3.63) is 77.6 Å². The van der Waals surface area contributed by atoms with Gasteiger partial charge in [-0.15, -0.1) is 0 Å². The number of aromatic nitrogens is 2. The fraction of sp³-hybridized carbons (Fsp3) is 0.261. The number of rotatable bonds is 6. The van der Waals surface area contributed by atoms with Crippen LogP contribution in [-0.2, 0) is 12.8 Å². The van der Waals surface area contributed by atoms with Gasteiger partial charge in [0, 0.05) is 31.2 Å². The topological polar surface area (TPSA) is 67.3 Å². The predicted molar refractivity (Wildman–Crippen MR) is 113 cm³/mol. The zero-order valence-corrected chi connectivity index (χ0v) is 16.5. The Morgan fingerprint density at radius 2 is 1.86 bits per heavy atom. The molecule has 0 fully saturated rings. The molecule has 1 aliphatic rings. The Labute approximate surface area is 170 Å². The molecule has 0 saturated heterocycles. The van der Waals surface area contributed by atoms with Crippen LogP contribution in [0.25, 0.3) is 0 Å². The highest BCUT2D eigenvalue weighted by molar-refractivity contribution is 5.93. The van der Waals surface area contributed by atoms with Crippen molar-refractivity contribution in [1.82, 2.24) is 15.3 Å². The number of aryl methyl sites for hydroxylation is 1. The maximum Gasteiger partial charge on any atom is 0.254 e. The summed E-state index contributed by atoms with van der Waals surface area (Å²) in [6.45, 7) is 1.39. The van der Waals surface area contributed by atoms with Crippen LogP contribution < -0.4 is 15.0 Å². The number of carbonyl (C=O) groups is 1. The van der Waals surface area contributed by atoms with E-state index in [4.69, 9.17) is 4.74 Å². The minimum absolute atomic E-state index is 0.175. The van der Waals surface area contributed by atoms with Gasteiger partial charge < -0.3 is 15.0 Å². The number of nitrogens with zero attached hydrogens (tertiary/aromatic N) is 3. The molecule has 2 heterocycles. The Morgan fingerprint density at radius 3 is 2.69 bits per heavy atom. The molecule has 6 heteroatoms. The molecular weight excluding hydrogens is 364 g/mol. The Morgan fingerprint density at radius 1 is 1.10 bits per heavy atom. The van der Waals surface area contributed by atoms with Gasteiger partial charge in [-0.05, 0) is 42.5 Å². The summed E-state index contributed by atoms with van der Waals surface area (Å²) in [7, 11) is 1.65. The van der Waals surface area contributed by atoms with Gasteiger partial charge in [-0.25, -0.2) is 9.97 Å². The molecule has 29 heavy (non-hydrogen) atoms. The van der Waals surface area contributed by atoms with Crippen molar-refractivity contribution in [2.45, 2.75) is 19.3 Å². The van der Waals surface area contributed by atoms with Crippen LogP contribution in [-0.4, -0.2) is 36.1 Å². The molecule has 4 rings (SSSR count). The predicted octanol–water partition coefficient (Wildman–Crippen LogP) is 3.54. The smallest absolute Gasteiger partial charge is 0.254 e. The van der Waals surface area contributed by atoms with Crippen molar-refractivity contribution >= 4 is 17.5 Å². The minimum Gasteiger partial charge on any atom is -0.496 e. The highest BCUT2D eigenvalue weighted by atomic mass is 16.5. The summed E-state index contributed by atoms with van der Waals surface area (Å²) < 4.78 is 5.35. The van der Waals surface area contributed by atoms with Gasteiger partial charge in [-0.1, -0.05) is 36.4 Å². The van der Waals surface area contributed by atoms with Crippen LogP contribution in [0.1, 0.15) is 27.9 Å². The lowest BCUT2D eigenvalue weighted by Crippen LogP contribution is -2.28. The van der Waals surface area contributed by atoms with E-state index in [1.54, 1.807) is 19.5 Å². The first-order valence-corrected chi connectivity index (χ1v) is 9.84. The molecule has 0 radical (unpaired) electrons. The molecule has 1 N–H and O–H groups in total. The van der Waals surface area contributed by atoms with Gasteiger partial charge in [-0.3, -0.25) is 4.79 Å². The van der Waals surface area contributed by atoms with E-state index in [2.05, 4.69) is 38.4 Å². The molecular formula is C23H24N4O2. The molecule has 0 aliphatic carbocycles. The number of fused-ring (bicyclic) bond motifs is 1. The van der Waals surface area contributed by atoms with E-state index in [0.29, 0.717) is 24.5 Å². The molecule has 6 nitrogen and oxygen atoms in total. The van der Waals surface area contributed by atoms with Crippen LogP contribution in [0.3, 0.4) is 0 Å². The summed E-state index contributed by atoms with van der Waals surface area (Å²) >= 11 is 0. The summed E-state index contributed by atoms with van der Waals surface area (Å²) in [5.41, 5.74) is 3.97. The van der Waals surface area contributed by atoms with E-state index in [1.165, 1.54) is 5.56 Å². The number of ether oxygens (including phenoxy) is 1. The molecule has 2 aromatic carbocycles. The average Bonchev–Trinajstić information content (AvgIpc) is 2.79. The van der Waals surface area contributed by atoms with Crippen molar-refractivity contribution in [3.8, 4) is 5.75 Å². The van der Waals surface area contributed by atoms with Gasteiger partial charge >= 0.3 is 0 Å². The molecule has 3 aromatic rings. The molecule has 148 valence electrons. The van der Waals surface area contributed by atoms with Gasteiger partial charge in [0.2, 0.25) is 5.95 Å². The largest absolute Gasteiger partial charge is 0.496 e. The van der Waals surface area contributed by atoms with Crippen LogP contribution >= 0.6 is 0 Å². The number of amides is 1. The van der Waals surface area contributed by atoms with Crippen LogP contribution in [0.15, 0.2) is 60.9 Å². The number of carbonyl (C=O) groups excluding carboxylic acids is 1. The van der Waals surface area contributed by atoms with E-state index in [1.807, 2.05) is 30.3 Å². The van der Waals surface area contributed by atoms with Gasteiger partial charge in [0.15, 0.2) is 0 Å². The third-order valence-electron chi connectivity index (χ3n) is 5.12. The summed E-state index contributed by atoms with van der Waals surface area (Å²) in [6, 6.07) is 16.1. The summed E-state index contributed by atoms with van der Waals surface area (Å²) in [4.78, 5) is 23.5. The fourth-order valence-electron chi connectivity index (χ4n) is 3.64. The summed E-state index contributed by atoms with van der Waals surface area (Å²) in [5, 5.41) is 2.93. The molecule has 1 aliphatic heterocycles. The Hall–Kier alpha value is -3.41. The van der Waals surface area contributed by atoms with Crippen molar-refractivity contribution in [3.63, 3.8) is 0 Å². The van der Waals surface area contributed by atoms with Gasteiger partial charge in [0.25, 0.3) is 5.91 Å². The Balaban J connectivity index is 1.39. The Kier molecular flexibility index (Phi) is 5.70. The lowest BCUT2D eigenvalue weighted by molar-refractivity contribution is 0.0953. The second-order valence-electron chi connectivity index (χ2n) is 6.97. The molecule has 0 saturated carbocycles. The normalized spacial score (nSPS) is 12.9. The van der Waals surface area contributed by atoms with E-state index >= 15 is 0 Å². The third kappa shape index (κ3) is 4.21. The number of anilines is 2. The number of nitrogens with one attached hydrogen (secondary N) is 1. The van der Waals surface area contributed by atoms with E-state index < -0.39 is 0 Å². The second-order valence-corrected chi connectivity index (χ2v) is 6.97. The minimum atomic E-state index is -0.175. The first kappa shape index (κ1) is 18.9. The van der Waals surface area contributed by atoms with Crippen molar-refractivity contribution in [2.24, 2.45) is 0 Å². The average molecular weight is 388 g/mol. The monoisotopic (exact) mass is 388 g/mol. The first-order chi connectivity index (χ1) is 14.3. The van der Waals surface area contributed by atoms with E-state index in [9.17, 15) is 4.79 Å². The molecule has 0 unspecified atom stereocenters. The van der Waals surface area contributed by atoms with Crippen LogP contribution in [0.4, 0.5) is 11.6 Å². The zero-order chi connectivity index (χ0) is 20.1.